The van der Waals surface area contributed by atoms with Crippen molar-refractivity contribution in [3.05, 3.63) is 88.6 Å². The number of anilines is 1. The molecule has 2 unspecified atom stereocenters. The highest BCUT2D eigenvalue weighted by Crippen LogP contribution is 2.31. The first-order valence-corrected chi connectivity index (χ1v) is 12.2. The summed E-state index contributed by atoms with van der Waals surface area (Å²) in [5.41, 5.74) is 4.24. The largest absolute Gasteiger partial charge is 0.348 e. The summed E-state index contributed by atoms with van der Waals surface area (Å²) in [6.07, 6.45) is 2.98. The molecule has 3 aromatic rings. The number of aromatic nitrogens is 1. The second kappa shape index (κ2) is 10.5. The van der Waals surface area contributed by atoms with Gasteiger partial charge in [0.15, 0.2) is 0 Å². The summed E-state index contributed by atoms with van der Waals surface area (Å²) >= 11 is 1.23. The molecule has 172 valence electrons. The minimum atomic E-state index is -0.447. The van der Waals surface area contributed by atoms with E-state index in [1.165, 1.54) is 22.9 Å². The zero-order valence-corrected chi connectivity index (χ0v) is 20.0. The number of hydrogen-bond donors (Lipinski definition) is 2. The molecular weight excluding hydrogens is 444 g/mol. The number of nitriles is 1. The molecule has 0 bridgehead atoms. The molecular formula is C27H26N4O2S. The van der Waals surface area contributed by atoms with Gasteiger partial charge in [-0.3, -0.25) is 9.59 Å². The van der Waals surface area contributed by atoms with Crippen LogP contribution in [0.2, 0.25) is 0 Å². The fourth-order valence-corrected chi connectivity index (χ4v) is 5.05. The minimum Gasteiger partial charge on any atom is -0.348 e. The molecule has 0 fully saturated rings. The van der Waals surface area contributed by atoms with Gasteiger partial charge < -0.3 is 10.6 Å². The van der Waals surface area contributed by atoms with Crippen molar-refractivity contribution in [2.45, 2.75) is 49.4 Å². The Hall–Kier alpha value is -3.63. The molecule has 0 radical (unpaired) electrons. The fourth-order valence-electron chi connectivity index (χ4n) is 4.12. The lowest BCUT2D eigenvalue weighted by Gasteiger charge is -2.27. The normalized spacial score (nSPS) is 15.5. The van der Waals surface area contributed by atoms with Crippen molar-refractivity contribution in [3.8, 4) is 6.07 Å². The number of hydrogen-bond acceptors (Lipinski definition) is 5. The van der Waals surface area contributed by atoms with Crippen LogP contribution in [-0.2, 0) is 11.2 Å². The minimum absolute atomic E-state index is 0.00492. The number of rotatable bonds is 6. The number of aryl methyl sites for hydroxylation is 2. The van der Waals surface area contributed by atoms with Crippen molar-refractivity contribution < 1.29 is 9.59 Å². The Morgan fingerprint density at radius 1 is 1.15 bits per heavy atom. The third-order valence-corrected chi connectivity index (χ3v) is 7.02. The third-order valence-electron chi connectivity index (χ3n) is 5.92. The van der Waals surface area contributed by atoms with E-state index in [-0.39, 0.29) is 23.4 Å². The van der Waals surface area contributed by atoms with Gasteiger partial charge in [-0.15, -0.1) is 0 Å². The molecule has 1 aromatic heterocycles. The molecule has 2 amide bonds. The summed E-state index contributed by atoms with van der Waals surface area (Å²) in [5.74, 6) is -0.424. The highest BCUT2D eigenvalue weighted by Gasteiger charge is 2.25. The van der Waals surface area contributed by atoms with E-state index in [9.17, 15) is 14.9 Å². The molecule has 2 atom stereocenters. The van der Waals surface area contributed by atoms with Gasteiger partial charge in [0.2, 0.25) is 5.91 Å². The Labute approximate surface area is 203 Å². The van der Waals surface area contributed by atoms with E-state index in [1.54, 1.807) is 25.1 Å². The van der Waals surface area contributed by atoms with Crippen LogP contribution in [0.1, 0.15) is 58.5 Å². The molecule has 1 heterocycles. The van der Waals surface area contributed by atoms with E-state index in [0.29, 0.717) is 22.0 Å². The maximum atomic E-state index is 13.0. The zero-order valence-electron chi connectivity index (χ0n) is 19.2. The number of nitrogens with one attached hydrogen (secondary N) is 2. The van der Waals surface area contributed by atoms with Gasteiger partial charge in [0.05, 0.1) is 28.1 Å². The van der Waals surface area contributed by atoms with Crippen LogP contribution in [0, 0.1) is 18.3 Å². The summed E-state index contributed by atoms with van der Waals surface area (Å²) in [4.78, 5) is 30.2. The van der Waals surface area contributed by atoms with Crippen molar-refractivity contribution in [1.82, 2.24) is 10.3 Å². The summed E-state index contributed by atoms with van der Waals surface area (Å²) in [5, 5.41) is 15.7. The smallest absolute Gasteiger partial charge is 0.257 e. The van der Waals surface area contributed by atoms with Gasteiger partial charge in [-0.1, -0.05) is 54.2 Å². The monoisotopic (exact) mass is 470 g/mol. The summed E-state index contributed by atoms with van der Waals surface area (Å²) < 4.78 is 0. The maximum Gasteiger partial charge on any atom is 0.257 e. The van der Waals surface area contributed by atoms with E-state index in [0.717, 1.165) is 19.3 Å². The topological polar surface area (TPSA) is 94.9 Å². The number of fused-ring (bicyclic) bond motifs is 1. The number of pyridine rings is 1. The highest BCUT2D eigenvalue weighted by molar-refractivity contribution is 8.00. The van der Waals surface area contributed by atoms with Crippen LogP contribution in [0.4, 0.5) is 5.69 Å². The number of nitrogens with zero attached hydrogens (tertiary/aromatic N) is 2. The lowest BCUT2D eigenvalue weighted by Crippen LogP contribution is -2.36. The Bertz CT molecular complexity index is 1250. The van der Waals surface area contributed by atoms with E-state index >= 15 is 0 Å². The van der Waals surface area contributed by atoms with Crippen molar-refractivity contribution in [2.75, 3.05) is 5.32 Å². The molecule has 1 aliphatic carbocycles. The van der Waals surface area contributed by atoms with Crippen molar-refractivity contribution in [2.24, 2.45) is 0 Å². The Kier molecular flexibility index (Phi) is 7.29. The van der Waals surface area contributed by atoms with Crippen LogP contribution in [0.25, 0.3) is 0 Å². The van der Waals surface area contributed by atoms with E-state index < -0.39 is 5.25 Å². The molecule has 6 nitrogen and oxygen atoms in total. The first kappa shape index (κ1) is 23.5. The maximum absolute atomic E-state index is 13.0. The standard InChI is InChI=1S/C27H26N4O2S/c1-17-23(26(33)30-21-11-4-3-5-12-21)15-20(16-28)27(29-17)34-18(2)25(32)31-24-14-8-10-19-9-6-7-13-22(19)24/h3-7,9,11-13,15,18,24H,8,10,14H2,1-2H3,(H,30,33)(H,31,32). The molecule has 4 rings (SSSR count). The molecule has 0 aliphatic heterocycles. The number of para-hydroxylation sites is 1. The van der Waals surface area contributed by atoms with Crippen LogP contribution < -0.4 is 10.6 Å². The SMILES string of the molecule is Cc1nc(SC(C)C(=O)NC2CCCc3ccccc32)c(C#N)cc1C(=O)Nc1ccccc1. The number of carbonyl (C=O) groups excluding carboxylic acids is 2. The number of thioether (sulfide) groups is 1. The van der Waals surface area contributed by atoms with Gasteiger partial charge in [-0.25, -0.2) is 4.98 Å². The first-order chi connectivity index (χ1) is 16.5. The van der Waals surface area contributed by atoms with Crippen LogP contribution in [0.15, 0.2) is 65.7 Å². The summed E-state index contributed by atoms with van der Waals surface area (Å²) in [6.45, 7) is 3.54. The van der Waals surface area contributed by atoms with E-state index in [1.807, 2.05) is 37.3 Å². The van der Waals surface area contributed by atoms with Crippen LogP contribution in [0.5, 0.6) is 0 Å². The lowest BCUT2D eigenvalue weighted by molar-refractivity contribution is -0.121. The first-order valence-electron chi connectivity index (χ1n) is 11.3. The van der Waals surface area contributed by atoms with Crippen molar-refractivity contribution in [1.29, 1.82) is 5.26 Å². The average molecular weight is 471 g/mol. The third kappa shape index (κ3) is 5.29. The van der Waals surface area contributed by atoms with Gasteiger partial charge in [0.25, 0.3) is 5.91 Å². The van der Waals surface area contributed by atoms with Crippen LogP contribution in [0.3, 0.4) is 0 Å². The Morgan fingerprint density at radius 3 is 2.65 bits per heavy atom. The molecule has 0 spiro atoms. The highest BCUT2D eigenvalue weighted by atomic mass is 32.2. The van der Waals surface area contributed by atoms with Gasteiger partial charge in [0, 0.05) is 5.69 Å². The van der Waals surface area contributed by atoms with Gasteiger partial charge in [-0.05, 0) is 62.4 Å². The summed E-state index contributed by atoms with van der Waals surface area (Å²) in [7, 11) is 0. The number of benzene rings is 2. The number of amides is 2. The zero-order chi connectivity index (χ0) is 24.1. The van der Waals surface area contributed by atoms with Crippen LogP contribution in [-0.4, -0.2) is 22.0 Å². The second-order valence-electron chi connectivity index (χ2n) is 8.32. The van der Waals surface area contributed by atoms with E-state index in [4.69, 9.17) is 0 Å². The molecule has 0 saturated carbocycles. The quantitative estimate of drug-likeness (QED) is 0.484. The molecule has 1 aliphatic rings. The molecule has 0 saturated heterocycles. The molecule has 34 heavy (non-hydrogen) atoms. The lowest BCUT2D eigenvalue weighted by atomic mass is 9.88. The molecule has 7 heteroatoms. The Balaban J connectivity index is 1.47. The van der Waals surface area contributed by atoms with Gasteiger partial charge in [0.1, 0.15) is 11.1 Å². The summed E-state index contributed by atoms with van der Waals surface area (Å²) in [6, 6.07) is 21.0. The average Bonchev–Trinajstić information content (AvgIpc) is 2.85. The van der Waals surface area contributed by atoms with Crippen LogP contribution >= 0.6 is 11.8 Å². The Morgan fingerprint density at radius 2 is 1.88 bits per heavy atom. The van der Waals surface area contributed by atoms with Crippen molar-refractivity contribution in [3.63, 3.8) is 0 Å². The second-order valence-corrected chi connectivity index (χ2v) is 9.65. The molecule has 2 aromatic carbocycles. The number of carbonyl (C=O) groups is 2. The van der Waals surface area contributed by atoms with E-state index in [2.05, 4.69) is 33.8 Å². The predicted octanol–water partition coefficient (Wildman–Crippen LogP) is 5.19. The van der Waals surface area contributed by atoms with Gasteiger partial charge in [-0.2, -0.15) is 5.26 Å². The van der Waals surface area contributed by atoms with Crippen molar-refractivity contribution >= 4 is 29.3 Å². The fraction of sp³-hybridized carbons (Fsp3) is 0.259. The molecule has 2 N–H and O–H groups in total. The van der Waals surface area contributed by atoms with Gasteiger partial charge >= 0.3 is 0 Å². The predicted molar refractivity (Wildman–Crippen MR) is 134 cm³/mol.